The van der Waals surface area contributed by atoms with Crippen LogP contribution in [0.1, 0.15) is 0 Å². The molecule has 78 valence electrons. The van der Waals surface area contributed by atoms with Crippen molar-refractivity contribution in [2.45, 2.75) is 0 Å². The van der Waals surface area contributed by atoms with Gasteiger partial charge in [-0.1, -0.05) is 0 Å². The summed E-state index contributed by atoms with van der Waals surface area (Å²) in [5.41, 5.74) is 0.892. The summed E-state index contributed by atoms with van der Waals surface area (Å²) in [6, 6.07) is 1.55. The van der Waals surface area contributed by atoms with Gasteiger partial charge >= 0.3 is 0 Å². The van der Waals surface area contributed by atoms with Crippen LogP contribution >= 0.6 is 0 Å². The molecule has 0 saturated heterocycles. The van der Waals surface area contributed by atoms with Crippen LogP contribution in [0.3, 0.4) is 0 Å². The standard InChI is InChI=1S/C10H6FN5/c11-8-5-12-2-1-9(8)16-10-7(4-15-16)3-13-6-14-10/h1-6H. The van der Waals surface area contributed by atoms with E-state index in [0.717, 1.165) is 11.6 Å². The molecule has 3 aromatic rings. The average Bonchev–Trinajstić information content (AvgIpc) is 2.74. The zero-order valence-electron chi connectivity index (χ0n) is 8.08. The molecule has 0 aliphatic heterocycles. The second-order valence-electron chi connectivity index (χ2n) is 3.19. The smallest absolute Gasteiger partial charge is 0.167 e. The predicted octanol–water partition coefficient (Wildman–Crippen LogP) is 1.35. The molecule has 3 rings (SSSR count). The molecular weight excluding hydrogens is 209 g/mol. The SMILES string of the molecule is Fc1cnccc1-n1ncc2cncnc21. The second-order valence-corrected chi connectivity index (χ2v) is 3.19. The van der Waals surface area contributed by atoms with Crippen molar-refractivity contribution >= 4 is 11.0 Å². The molecule has 0 N–H and O–H groups in total. The maximum atomic E-state index is 13.5. The number of hydrogen-bond acceptors (Lipinski definition) is 4. The van der Waals surface area contributed by atoms with Gasteiger partial charge in [0, 0.05) is 12.4 Å². The molecule has 0 bridgehead atoms. The van der Waals surface area contributed by atoms with Crippen molar-refractivity contribution < 1.29 is 4.39 Å². The monoisotopic (exact) mass is 215 g/mol. The summed E-state index contributed by atoms with van der Waals surface area (Å²) < 4.78 is 14.9. The molecule has 0 spiro atoms. The molecule has 16 heavy (non-hydrogen) atoms. The Morgan fingerprint density at radius 2 is 2.06 bits per heavy atom. The van der Waals surface area contributed by atoms with Gasteiger partial charge < -0.3 is 0 Å². The fourth-order valence-corrected chi connectivity index (χ4v) is 1.49. The highest BCUT2D eigenvalue weighted by atomic mass is 19.1. The zero-order valence-corrected chi connectivity index (χ0v) is 8.08. The highest BCUT2D eigenvalue weighted by molar-refractivity contribution is 5.74. The van der Waals surface area contributed by atoms with Crippen LogP contribution in [0.2, 0.25) is 0 Å². The maximum absolute atomic E-state index is 13.5. The molecule has 3 aromatic heterocycles. The lowest BCUT2D eigenvalue weighted by atomic mass is 10.4. The number of nitrogens with zero attached hydrogens (tertiary/aromatic N) is 5. The Hall–Kier alpha value is -2.37. The Labute approximate surface area is 89.6 Å². The van der Waals surface area contributed by atoms with Crippen molar-refractivity contribution in [2.24, 2.45) is 0 Å². The number of rotatable bonds is 1. The number of pyridine rings is 1. The van der Waals surface area contributed by atoms with Gasteiger partial charge in [-0.25, -0.2) is 19.0 Å². The average molecular weight is 215 g/mol. The first-order chi connectivity index (χ1) is 7.86. The molecule has 0 unspecified atom stereocenters. The van der Waals surface area contributed by atoms with Crippen LogP contribution in [0, 0.1) is 5.82 Å². The van der Waals surface area contributed by atoms with Crippen molar-refractivity contribution in [3.8, 4) is 5.69 Å². The van der Waals surface area contributed by atoms with Crippen molar-refractivity contribution in [1.82, 2.24) is 24.7 Å². The fourth-order valence-electron chi connectivity index (χ4n) is 1.49. The molecule has 0 radical (unpaired) electrons. The first-order valence-electron chi connectivity index (χ1n) is 4.60. The first-order valence-corrected chi connectivity index (χ1v) is 4.60. The minimum absolute atomic E-state index is 0.323. The van der Waals surface area contributed by atoms with Crippen molar-refractivity contribution in [1.29, 1.82) is 0 Å². The van der Waals surface area contributed by atoms with E-state index in [4.69, 9.17) is 0 Å². The van der Waals surface area contributed by atoms with Gasteiger partial charge in [-0.15, -0.1) is 0 Å². The minimum Gasteiger partial charge on any atom is -0.262 e. The van der Waals surface area contributed by atoms with E-state index in [1.54, 1.807) is 18.5 Å². The van der Waals surface area contributed by atoms with Gasteiger partial charge in [-0.3, -0.25) is 4.98 Å². The van der Waals surface area contributed by atoms with E-state index in [1.807, 2.05) is 0 Å². The predicted molar refractivity (Wildman–Crippen MR) is 54.4 cm³/mol. The van der Waals surface area contributed by atoms with Gasteiger partial charge in [0.1, 0.15) is 12.0 Å². The van der Waals surface area contributed by atoms with Crippen LogP contribution in [0.5, 0.6) is 0 Å². The summed E-state index contributed by atoms with van der Waals surface area (Å²) in [5, 5.41) is 4.84. The zero-order chi connectivity index (χ0) is 11.0. The third kappa shape index (κ3) is 1.23. The van der Waals surface area contributed by atoms with Crippen LogP contribution in [-0.4, -0.2) is 24.7 Å². The summed E-state index contributed by atoms with van der Waals surface area (Å²) >= 11 is 0. The molecule has 0 aromatic carbocycles. The van der Waals surface area contributed by atoms with E-state index < -0.39 is 5.82 Å². The van der Waals surface area contributed by atoms with Crippen molar-refractivity contribution in [2.75, 3.05) is 0 Å². The summed E-state index contributed by atoms with van der Waals surface area (Å²) in [7, 11) is 0. The van der Waals surface area contributed by atoms with Gasteiger partial charge in [-0.05, 0) is 6.07 Å². The summed E-state index contributed by atoms with van der Waals surface area (Å²) in [6.07, 6.45) is 7.27. The molecule has 0 atom stereocenters. The largest absolute Gasteiger partial charge is 0.262 e. The lowest BCUT2D eigenvalue weighted by molar-refractivity contribution is 0.606. The van der Waals surface area contributed by atoms with Crippen LogP contribution in [0.15, 0.2) is 37.2 Å². The van der Waals surface area contributed by atoms with Gasteiger partial charge in [0.2, 0.25) is 0 Å². The normalized spacial score (nSPS) is 10.8. The van der Waals surface area contributed by atoms with Crippen LogP contribution < -0.4 is 0 Å². The van der Waals surface area contributed by atoms with Crippen molar-refractivity contribution in [3.05, 3.63) is 43.0 Å². The Balaban J connectivity index is 2.31. The van der Waals surface area contributed by atoms with Gasteiger partial charge in [0.25, 0.3) is 0 Å². The number of aromatic nitrogens is 5. The second kappa shape index (κ2) is 3.34. The molecule has 0 aliphatic carbocycles. The molecular formula is C10H6FN5. The third-order valence-electron chi connectivity index (χ3n) is 2.21. The lowest BCUT2D eigenvalue weighted by Crippen LogP contribution is -2.00. The van der Waals surface area contributed by atoms with Crippen LogP contribution in [0.4, 0.5) is 4.39 Å². The molecule has 0 aliphatic rings. The Morgan fingerprint density at radius 3 is 2.94 bits per heavy atom. The quantitative estimate of drug-likeness (QED) is 0.614. The summed E-state index contributed by atoms with van der Waals surface area (Å²) in [5.74, 6) is -0.439. The summed E-state index contributed by atoms with van der Waals surface area (Å²) in [4.78, 5) is 11.6. The Bertz CT molecular complexity index is 648. The van der Waals surface area contributed by atoms with E-state index in [1.165, 1.54) is 17.2 Å². The van der Waals surface area contributed by atoms with E-state index in [2.05, 4.69) is 20.1 Å². The molecule has 0 amide bonds. The number of halogens is 1. The molecule has 0 fully saturated rings. The minimum atomic E-state index is -0.439. The van der Waals surface area contributed by atoms with E-state index in [-0.39, 0.29) is 0 Å². The van der Waals surface area contributed by atoms with Gasteiger partial charge in [0.15, 0.2) is 11.5 Å². The topological polar surface area (TPSA) is 56.5 Å². The van der Waals surface area contributed by atoms with E-state index >= 15 is 0 Å². The third-order valence-corrected chi connectivity index (χ3v) is 2.21. The maximum Gasteiger partial charge on any atom is 0.167 e. The first kappa shape index (κ1) is 8.90. The highest BCUT2D eigenvalue weighted by Gasteiger charge is 2.09. The molecule has 0 saturated carbocycles. The van der Waals surface area contributed by atoms with E-state index in [9.17, 15) is 4.39 Å². The molecule has 3 heterocycles. The Morgan fingerprint density at radius 1 is 1.12 bits per heavy atom. The number of hydrogen-bond donors (Lipinski definition) is 0. The van der Waals surface area contributed by atoms with Crippen molar-refractivity contribution in [3.63, 3.8) is 0 Å². The fraction of sp³-hybridized carbons (Fsp3) is 0. The van der Waals surface area contributed by atoms with Crippen LogP contribution in [0.25, 0.3) is 16.7 Å². The lowest BCUT2D eigenvalue weighted by Gasteiger charge is -2.02. The summed E-state index contributed by atoms with van der Waals surface area (Å²) in [6.45, 7) is 0. The van der Waals surface area contributed by atoms with Crippen LogP contribution in [-0.2, 0) is 0 Å². The van der Waals surface area contributed by atoms with E-state index in [0.29, 0.717) is 11.3 Å². The van der Waals surface area contributed by atoms with Gasteiger partial charge in [0.05, 0.1) is 17.8 Å². The highest BCUT2D eigenvalue weighted by Crippen LogP contribution is 2.16. The van der Waals surface area contributed by atoms with Gasteiger partial charge in [-0.2, -0.15) is 5.10 Å². The molecule has 6 heteroatoms. The Kier molecular flexibility index (Phi) is 1.86. The molecule has 5 nitrogen and oxygen atoms in total. The number of fused-ring (bicyclic) bond motifs is 1.